The molecule has 3 rings (SSSR count). The second-order valence-electron chi connectivity index (χ2n) is 11.3. The number of hydrogen-bond acceptors (Lipinski definition) is 6. The predicted octanol–water partition coefficient (Wildman–Crippen LogP) is 4.37. The highest BCUT2D eigenvalue weighted by molar-refractivity contribution is 5.73. The highest BCUT2D eigenvalue weighted by Gasteiger charge is 2.27. The average Bonchev–Trinajstić information content (AvgIpc) is 3.13. The zero-order chi connectivity index (χ0) is 27.3. The van der Waals surface area contributed by atoms with Gasteiger partial charge in [0.1, 0.15) is 11.4 Å². The molecule has 1 atom stereocenters. The number of esters is 1. The Balaban J connectivity index is 1.60. The van der Waals surface area contributed by atoms with Crippen LogP contribution in [-0.4, -0.2) is 57.1 Å². The van der Waals surface area contributed by atoms with Gasteiger partial charge in [0, 0.05) is 19.6 Å². The normalized spacial score (nSPS) is 15.6. The number of benzene rings is 1. The molecule has 1 aliphatic heterocycles. The van der Waals surface area contributed by atoms with Crippen LogP contribution in [-0.2, 0) is 27.2 Å². The number of aromatic nitrogens is 3. The van der Waals surface area contributed by atoms with Crippen molar-refractivity contribution in [2.24, 2.45) is 17.8 Å². The van der Waals surface area contributed by atoms with Crippen LogP contribution in [0.4, 0.5) is 4.79 Å². The van der Waals surface area contributed by atoms with Crippen molar-refractivity contribution in [1.82, 2.24) is 19.2 Å². The highest BCUT2D eigenvalue weighted by atomic mass is 16.6. The van der Waals surface area contributed by atoms with E-state index < -0.39 is 5.60 Å². The maximum absolute atomic E-state index is 13.2. The summed E-state index contributed by atoms with van der Waals surface area (Å²) < 4.78 is 13.6. The fourth-order valence-electron chi connectivity index (χ4n) is 4.77. The molecule has 0 spiro atoms. The zero-order valence-electron chi connectivity index (χ0n) is 23.3. The van der Waals surface area contributed by atoms with E-state index >= 15 is 0 Å². The minimum absolute atomic E-state index is 0.161. The third-order valence-corrected chi connectivity index (χ3v) is 6.98. The fraction of sp³-hybridized carbons (Fsp3) is 0.643. The molecule has 0 N–H and O–H groups in total. The molecule has 1 fully saturated rings. The third-order valence-electron chi connectivity index (χ3n) is 6.98. The summed E-state index contributed by atoms with van der Waals surface area (Å²) >= 11 is 0. The Morgan fingerprint density at radius 1 is 1.11 bits per heavy atom. The van der Waals surface area contributed by atoms with Crippen LogP contribution >= 0.6 is 0 Å². The summed E-state index contributed by atoms with van der Waals surface area (Å²) in [5.74, 6) is 0.813. The first-order valence-corrected chi connectivity index (χ1v) is 13.2. The van der Waals surface area contributed by atoms with E-state index in [1.165, 1.54) is 11.8 Å². The molecule has 2 aromatic rings. The number of carbonyl (C=O) groups is 2. The first-order chi connectivity index (χ1) is 17.4. The molecule has 1 saturated heterocycles. The number of aryl methyl sites for hydroxylation is 2. The minimum Gasteiger partial charge on any atom is -0.469 e. The Morgan fingerprint density at radius 3 is 2.27 bits per heavy atom. The standard InChI is InChI=1S/C28H42N4O5/c1-19(2)24(25(33)36-7)18-22-8-10-23(11-9-22)32-20(3)29-31(26(32)34)17-14-21-12-15-30(16-13-21)27(35)37-28(4,5)6/h8-11,19,21,24H,12-18H2,1-7H3. The van der Waals surface area contributed by atoms with Gasteiger partial charge >= 0.3 is 17.8 Å². The summed E-state index contributed by atoms with van der Waals surface area (Å²) in [6.45, 7) is 13.3. The quantitative estimate of drug-likeness (QED) is 0.486. The molecule has 9 nitrogen and oxygen atoms in total. The first kappa shape index (κ1) is 28.5. The fourth-order valence-corrected chi connectivity index (χ4v) is 4.77. The van der Waals surface area contributed by atoms with E-state index in [2.05, 4.69) is 5.10 Å². The van der Waals surface area contributed by atoms with Gasteiger partial charge in [-0.15, -0.1) is 0 Å². The number of likely N-dealkylation sites (tertiary alicyclic amines) is 1. The molecule has 1 aromatic heterocycles. The summed E-state index contributed by atoms with van der Waals surface area (Å²) in [5.41, 5.74) is 1.11. The van der Waals surface area contributed by atoms with Crippen LogP contribution in [0.3, 0.4) is 0 Å². The molecule has 0 aliphatic carbocycles. The number of methoxy groups -OCH3 is 1. The predicted molar refractivity (Wildman–Crippen MR) is 142 cm³/mol. The average molecular weight is 515 g/mol. The van der Waals surface area contributed by atoms with Crippen LogP contribution in [0.15, 0.2) is 29.1 Å². The Hall–Kier alpha value is -3.10. The van der Waals surface area contributed by atoms with Gasteiger partial charge in [-0.3, -0.25) is 4.79 Å². The Kier molecular flexibility index (Phi) is 9.21. The largest absolute Gasteiger partial charge is 0.469 e. The summed E-state index contributed by atoms with van der Waals surface area (Å²) in [6, 6.07) is 7.71. The van der Waals surface area contributed by atoms with Crippen LogP contribution in [0, 0.1) is 24.7 Å². The van der Waals surface area contributed by atoms with Gasteiger partial charge in [-0.05, 0) is 82.9 Å². The topological polar surface area (TPSA) is 95.7 Å². The van der Waals surface area contributed by atoms with Gasteiger partial charge in [0.25, 0.3) is 0 Å². The second kappa shape index (κ2) is 12.0. The molecule has 0 saturated carbocycles. The lowest BCUT2D eigenvalue weighted by atomic mass is 9.89. The van der Waals surface area contributed by atoms with Crippen LogP contribution in [0.2, 0.25) is 0 Å². The summed E-state index contributed by atoms with van der Waals surface area (Å²) in [4.78, 5) is 39.3. The van der Waals surface area contributed by atoms with E-state index in [0.29, 0.717) is 37.8 Å². The van der Waals surface area contributed by atoms with Crippen molar-refractivity contribution in [3.8, 4) is 5.69 Å². The molecule has 204 valence electrons. The van der Waals surface area contributed by atoms with Gasteiger partial charge in [0.2, 0.25) is 0 Å². The van der Waals surface area contributed by atoms with E-state index in [0.717, 1.165) is 30.5 Å². The molecule has 1 unspecified atom stereocenters. The van der Waals surface area contributed by atoms with E-state index in [-0.39, 0.29) is 29.6 Å². The van der Waals surface area contributed by atoms with Crippen molar-refractivity contribution in [3.05, 3.63) is 46.1 Å². The molecule has 2 heterocycles. The lowest BCUT2D eigenvalue weighted by Crippen LogP contribution is -2.42. The number of ether oxygens (including phenoxy) is 2. The Labute approximate surface area is 219 Å². The van der Waals surface area contributed by atoms with Crippen molar-refractivity contribution in [2.75, 3.05) is 20.2 Å². The Bertz CT molecular complexity index is 1120. The SMILES string of the molecule is COC(=O)C(Cc1ccc(-n2c(C)nn(CCC3CCN(C(=O)OC(C)(C)C)CC3)c2=O)cc1)C(C)C. The van der Waals surface area contributed by atoms with Crippen molar-refractivity contribution in [3.63, 3.8) is 0 Å². The highest BCUT2D eigenvalue weighted by Crippen LogP contribution is 2.23. The summed E-state index contributed by atoms with van der Waals surface area (Å²) in [5, 5.41) is 4.50. The number of rotatable bonds is 8. The first-order valence-electron chi connectivity index (χ1n) is 13.2. The molecule has 0 bridgehead atoms. The van der Waals surface area contributed by atoms with Gasteiger partial charge < -0.3 is 14.4 Å². The lowest BCUT2D eigenvalue weighted by Gasteiger charge is -2.33. The molecule has 1 aliphatic rings. The molecule has 0 radical (unpaired) electrons. The van der Waals surface area contributed by atoms with Gasteiger partial charge in [-0.2, -0.15) is 5.10 Å². The third kappa shape index (κ3) is 7.46. The van der Waals surface area contributed by atoms with E-state index in [1.807, 2.05) is 65.8 Å². The van der Waals surface area contributed by atoms with Crippen LogP contribution in [0.1, 0.15) is 65.3 Å². The summed E-state index contributed by atoms with van der Waals surface area (Å²) in [7, 11) is 1.42. The van der Waals surface area contributed by atoms with Gasteiger partial charge in [-0.1, -0.05) is 26.0 Å². The maximum atomic E-state index is 13.2. The van der Waals surface area contributed by atoms with Crippen LogP contribution in [0.25, 0.3) is 5.69 Å². The van der Waals surface area contributed by atoms with E-state index in [4.69, 9.17) is 9.47 Å². The zero-order valence-corrected chi connectivity index (χ0v) is 23.3. The second-order valence-corrected chi connectivity index (χ2v) is 11.3. The minimum atomic E-state index is -0.494. The summed E-state index contributed by atoms with van der Waals surface area (Å²) in [6.07, 6.45) is 2.94. The maximum Gasteiger partial charge on any atom is 0.410 e. The smallest absolute Gasteiger partial charge is 0.410 e. The molecule has 1 aromatic carbocycles. The number of nitrogens with zero attached hydrogens (tertiary/aromatic N) is 4. The van der Waals surface area contributed by atoms with E-state index in [9.17, 15) is 14.4 Å². The molecule has 37 heavy (non-hydrogen) atoms. The lowest BCUT2D eigenvalue weighted by molar-refractivity contribution is -0.146. The van der Waals surface area contributed by atoms with Crippen molar-refractivity contribution < 1.29 is 19.1 Å². The van der Waals surface area contributed by atoms with Crippen molar-refractivity contribution in [1.29, 1.82) is 0 Å². The Morgan fingerprint density at radius 2 is 1.73 bits per heavy atom. The van der Waals surface area contributed by atoms with Gasteiger partial charge in [-0.25, -0.2) is 18.8 Å². The van der Waals surface area contributed by atoms with Gasteiger partial charge in [0.05, 0.1) is 18.7 Å². The molecule has 9 heteroatoms. The molecular formula is C28H42N4O5. The number of piperidine rings is 1. The monoisotopic (exact) mass is 514 g/mol. The number of hydrogen-bond donors (Lipinski definition) is 0. The van der Waals surface area contributed by atoms with Crippen molar-refractivity contribution >= 4 is 12.1 Å². The van der Waals surface area contributed by atoms with Crippen molar-refractivity contribution in [2.45, 2.75) is 79.4 Å². The number of amides is 1. The van der Waals surface area contributed by atoms with Crippen LogP contribution < -0.4 is 5.69 Å². The van der Waals surface area contributed by atoms with E-state index in [1.54, 1.807) is 9.47 Å². The molecule has 1 amide bonds. The molecular weight excluding hydrogens is 472 g/mol. The number of carbonyl (C=O) groups excluding carboxylic acids is 2. The van der Waals surface area contributed by atoms with Crippen LogP contribution in [0.5, 0.6) is 0 Å². The van der Waals surface area contributed by atoms with Gasteiger partial charge in [0.15, 0.2) is 0 Å².